The lowest BCUT2D eigenvalue weighted by molar-refractivity contribution is 0.0940. The number of carbonyl (C=O) groups is 1. The van der Waals surface area contributed by atoms with Gasteiger partial charge in [-0.3, -0.25) is 19.2 Å². The summed E-state index contributed by atoms with van der Waals surface area (Å²) in [5.41, 5.74) is 2.85. The van der Waals surface area contributed by atoms with Gasteiger partial charge in [0.25, 0.3) is 5.91 Å². The van der Waals surface area contributed by atoms with E-state index >= 15 is 0 Å². The van der Waals surface area contributed by atoms with E-state index in [0.717, 1.165) is 5.56 Å². The van der Waals surface area contributed by atoms with E-state index in [-0.39, 0.29) is 17.5 Å². The fourth-order valence-electron chi connectivity index (χ4n) is 2.68. The monoisotopic (exact) mass is 347 g/mol. The molecule has 6 nitrogen and oxygen atoms in total. The van der Waals surface area contributed by atoms with Crippen LogP contribution < -0.4 is 5.32 Å². The maximum absolute atomic E-state index is 13.2. The first kappa shape index (κ1) is 15.9. The van der Waals surface area contributed by atoms with Crippen LogP contribution in [0.1, 0.15) is 16.2 Å². The molecule has 0 radical (unpaired) electrons. The molecule has 0 saturated heterocycles. The van der Waals surface area contributed by atoms with Crippen LogP contribution in [-0.2, 0) is 6.54 Å². The maximum Gasteiger partial charge on any atom is 0.287 e. The number of amides is 1. The Labute approximate surface area is 148 Å². The van der Waals surface area contributed by atoms with Gasteiger partial charge in [-0.2, -0.15) is 0 Å². The van der Waals surface area contributed by atoms with E-state index in [2.05, 4.69) is 20.3 Å². The van der Waals surface area contributed by atoms with E-state index in [1.807, 2.05) is 12.1 Å². The summed E-state index contributed by atoms with van der Waals surface area (Å²) >= 11 is 0. The molecule has 1 N–H and O–H groups in total. The molecule has 128 valence electrons. The van der Waals surface area contributed by atoms with E-state index in [1.165, 1.54) is 12.1 Å². The van der Waals surface area contributed by atoms with Crippen LogP contribution in [0.5, 0.6) is 0 Å². The van der Waals surface area contributed by atoms with Gasteiger partial charge in [0.2, 0.25) is 5.82 Å². The van der Waals surface area contributed by atoms with Crippen molar-refractivity contribution < 1.29 is 9.18 Å². The number of carbonyl (C=O) groups excluding carboxylic acids is 1. The number of hydrogen-bond donors (Lipinski definition) is 1. The summed E-state index contributed by atoms with van der Waals surface area (Å²) in [6, 6.07) is 9.66. The average Bonchev–Trinajstić information content (AvgIpc) is 3.07. The van der Waals surface area contributed by atoms with Gasteiger partial charge in [-0.05, 0) is 35.9 Å². The van der Waals surface area contributed by atoms with Gasteiger partial charge in [-0.1, -0.05) is 6.07 Å². The third-order valence-electron chi connectivity index (χ3n) is 3.94. The summed E-state index contributed by atoms with van der Waals surface area (Å²) in [6.45, 7) is 0.346. The van der Waals surface area contributed by atoms with Gasteiger partial charge in [0.1, 0.15) is 5.82 Å². The zero-order valence-corrected chi connectivity index (χ0v) is 13.6. The third-order valence-corrected chi connectivity index (χ3v) is 3.94. The van der Waals surface area contributed by atoms with Crippen LogP contribution in [-0.4, -0.2) is 25.3 Å². The van der Waals surface area contributed by atoms with Crippen LogP contribution in [0.15, 0.2) is 67.4 Å². The molecule has 1 amide bonds. The van der Waals surface area contributed by atoms with Crippen LogP contribution in [0.3, 0.4) is 0 Å². The Bertz CT molecular complexity index is 1060. The van der Waals surface area contributed by atoms with Gasteiger partial charge in [0.05, 0.1) is 17.4 Å². The first-order valence-electron chi connectivity index (χ1n) is 7.97. The molecule has 0 unspecified atom stereocenters. The maximum atomic E-state index is 13.2. The third kappa shape index (κ3) is 3.02. The molecule has 26 heavy (non-hydrogen) atoms. The van der Waals surface area contributed by atoms with Crippen LogP contribution in [0.4, 0.5) is 4.39 Å². The first-order valence-corrected chi connectivity index (χ1v) is 7.97. The predicted octanol–water partition coefficient (Wildman–Crippen LogP) is 2.86. The molecule has 0 bridgehead atoms. The fraction of sp³-hybridized carbons (Fsp3) is 0.0526. The molecule has 0 spiro atoms. The standard InChI is InChI=1S/C19H14FN5O/c20-15-5-3-14(4-6-15)17-16-12-22-8-9-25(16)18(24-17)19(26)23-11-13-2-1-7-21-10-13/h1-10,12H,11H2,(H,23,26). The van der Waals surface area contributed by atoms with Gasteiger partial charge in [-0.15, -0.1) is 0 Å². The Hall–Kier alpha value is -3.61. The van der Waals surface area contributed by atoms with Crippen molar-refractivity contribution in [1.29, 1.82) is 0 Å². The fourth-order valence-corrected chi connectivity index (χ4v) is 2.68. The Balaban J connectivity index is 1.69. The summed E-state index contributed by atoms with van der Waals surface area (Å²) in [5, 5.41) is 2.84. The zero-order chi connectivity index (χ0) is 17.9. The molecule has 0 aliphatic rings. The summed E-state index contributed by atoms with van der Waals surface area (Å²) in [6.07, 6.45) is 8.26. The van der Waals surface area contributed by atoms with Crippen LogP contribution >= 0.6 is 0 Å². The number of pyridine rings is 1. The van der Waals surface area contributed by atoms with E-state index < -0.39 is 0 Å². The molecule has 0 aliphatic carbocycles. The number of rotatable bonds is 4. The average molecular weight is 347 g/mol. The molecule has 3 heterocycles. The van der Waals surface area contributed by atoms with Gasteiger partial charge in [0.15, 0.2) is 0 Å². The quantitative estimate of drug-likeness (QED) is 0.616. The Morgan fingerprint density at radius 1 is 1.08 bits per heavy atom. The smallest absolute Gasteiger partial charge is 0.287 e. The first-order chi connectivity index (χ1) is 12.7. The molecule has 0 saturated carbocycles. The largest absolute Gasteiger partial charge is 0.345 e. The van der Waals surface area contributed by atoms with Crippen LogP contribution in [0, 0.1) is 5.82 Å². The summed E-state index contributed by atoms with van der Waals surface area (Å²) < 4.78 is 14.9. The highest BCUT2D eigenvalue weighted by Gasteiger charge is 2.18. The minimum absolute atomic E-state index is 0.241. The Morgan fingerprint density at radius 3 is 2.65 bits per heavy atom. The SMILES string of the molecule is O=C(NCc1cccnc1)c1nc(-c2ccc(F)cc2)c2cnccn12. The minimum Gasteiger partial charge on any atom is -0.345 e. The molecule has 1 aromatic carbocycles. The van der Waals surface area contributed by atoms with Crippen molar-refractivity contribution in [1.82, 2.24) is 24.7 Å². The number of hydrogen-bond acceptors (Lipinski definition) is 4. The lowest BCUT2D eigenvalue weighted by Crippen LogP contribution is -2.25. The van der Waals surface area contributed by atoms with Gasteiger partial charge < -0.3 is 5.32 Å². The van der Waals surface area contributed by atoms with Crippen molar-refractivity contribution in [2.24, 2.45) is 0 Å². The van der Waals surface area contributed by atoms with Crippen LogP contribution in [0.25, 0.3) is 16.8 Å². The Morgan fingerprint density at radius 2 is 1.88 bits per heavy atom. The van der Waals surface area contributed by atoms with Crippen molar-refractivity contribution in [3.8, 4) is 11.3 Å². The lowest BCUT2D eigenvalue weighted by atomic mass is 10.1. The summed E-state index contributed by atoms with van der Waals surface area (Å²) in [4.78, 5) is 25.2. The predicted molar refractivity (Wildman–Crippen MR) is 93.8 cm³/mol. The number of benzene rings is 1. The zero-order valence-electron chi connectivity index (χ0n) is 13.6. The molecule has 4 aromatic rings. The number of nitrogens with one attached hydrogen (secondary N) is 1. The summed E-state index contributed by atoms with van der Waals surface area (Å²) in [5.74, 6) is -0.404. The van der Waals surface area contributed by atoms with E-state index in [1.54, 1.807) is 47.5 Å². The molecule has 0 fully saturated rings. The van der Waals surface area contributed by atoms with Crippen molar-refractivity contribution in [2.75, 3.05) is 0 Å². The molecule has 7 heteroatoms. The van der Waals surface area contributed by atoms with Gasteiger partial charge in [-0.25, -0.2) is 9.37 Å². The van der Waals surface area contributed by atoms with Crippen LogP contribution in [0.2, 0.25) is 0 Å². The second kappa shape index (κ2) is 6.72. The molecule has 0 aliphatic heterocycles. The minimum atomic E-state index is -0.329. The van der Waals surface area contributed by atoms with Crippen molar-refractivity contribution >= 4 is 11.4 Å². The lowest BCUT2D eigenvalue weighted by Gasteiger charge is -2.04. The highest BCUT2D eigenvalue weighted by Crippen LogP contribution is 2.24. The second-order valence-corrected chi connectivity index (χ2v) is 5.67. The number of halogens is 1. The highest BCUT2D eigenvalue weighted by atomic mass is 19.1. The Kier molecular flexibility index (Phi) is 4.10. The molecule has 0 atom stereocenters. The number of nitrogens with zero attached hydrogens (tertiary/aromatic N) is 4. The number of fused-ring (bicyclic) bond motifs is 1. The van der Waals surface area contributed by atoms with Gasteiger partial charge in [0, 0.05) is 36.9 Å². The normalized spacial score (nSPS) is 10.8. The number of imidazole rings is 1. The van der Waals surface area contributed by atoms with Gasteiger partial charge >= 0.3 is 0 Å². The van der Waals surface area contributed by atoms with E-state index in [4.69, 9.17) is 0 Å². The van der Waals surface area contributed by atoms with Crippen molar-refractivity contribution in [2.45, 2.75) is 6.54 Å². The van der Waals surface area contributed by atoms with E-state index in [0.29, 0.717) is 23.3 Å². The van der Waals surface area contributed by atoms with Crippen molar-refractivity contribution in [3.63, 3.8) is 0 Å². The number of aromatic nitrogens is 4. The van der Waals surface area contributed by atoms with Crippen molar-refractivity contribution in [3.05, 3.63) is 84.6 Å². The highest BCUT2D eigenvalue weighted by molar-refractivity contribution is 5.94. The molecule has 3 aromatic heterocycles. The van der Waals surface area contributed by atoms with E-state index in [9.17, 15) is 9.18 Å². The second-order valence-electron chi connectivity index (χ2n) is 5.67. The molecular weight excluding hydrogens is 333 g/mol. The topological polar surface area (TPSA) is 72.2 Å². The summed E-state index contributed by atoms with van der Waals surface area (Å²) in [7, 11) is 0. The molecular formula is C19H14FN5O. The molecule has 4 rings (SSSR count).